The monoisotopic (exact) mass is 380 g/mol. The van der Waals surface area contributed by atoms with Crippen LogP contribution in [-0.2, 0) is 11.3 Å². The normalized spacial score (nSPS) is 11.7. The van der Waals surface area contributed by atoms with Crippen LogP contribution in [0.2, 0.25) is 10.0 Å². The molecule has 0 radical (unpaired) electrons. The van der Waals surface area contributed by atoms with E-state index in [1.165, 1.54) is 0 Å². The van der Waals surface area contributed by atoms with Crippen LogP contribution in [0.15, 0.2) is 42.5 Å². The van der Waals surface area contributed by atoms with Crippen molar-refractivity contribution in [3.8, 4) is 5.75 Å². The summed E-state index contributed by atoms with van der Waals surface area (Å²) in [6.07, 6.45) is -0.0923. The second-order valence-corrected chi connectivity index (χ2v) is 6.67. The molecule has 0 spiro atoms. The van der Waals surface area contributed by atoms with Gasteiger partial charge in [-0.2, -0.15) is 0 Å². The van der Waals surface area contributed by atoms with Gasteiger partial charge in [0.1, 0.15) is 5.75 Å². The zero-order chi connectivity index (χ0) is 18.4. The van der Waals surface area contributed by atoms with Crippen LogP contribution < -0.4 is 15.0 Å². The van der Waals surface area contributed by atoms with Crippen molar-refractivity contribution in [2.75, 3.05) is 19.0 Å². The van der Waals surface area contributed by atoms with Crippen molar-refractivity contribution in [3.05, 3.63) is 58.1 Å². The molecule has 0 saturated heterocycles. The third kappa shape index (κ3) is 5.28. The Balaban J connectivity index is 2.03. The highest BCUT2D eigenvalue weighted by molar-refractivity contribution is 6.35. The Morgan fingerprint density at radius 2 is 1.92 bits per heavy atom. The van der Waals surface area contributed by atoms with Gasteiger partial charge in [0.2, 0.25) is 0 Å². The first-order valence-corrected chi connectivity index (χ1v) is 8.82. The van der Waals surface area contributed by atoms with Crippen molar-refractivity contribution in [1.82, 2.24) is 5.32 Å². The van der Waals surface area contributed by atoms with Crippen LogP contribution in [0.5, 0.6) is 5.75 Å². The van der Waals surface area contributed by atoms with Gasteiger partial charge < -0.3 is 15.0 Å². The Labute approximate surface area is 158 Å². The third-order valence-electron chi connectivity index (χ3n) is 3.75. The van der Waals surface area contributed by atoms with Crippen LogP contribution in [-0.4, -0.2) is 26.1 Å². The van der Waals surface area contributed by atoms with Crippen LogP contribution in [0.25, 0.3) is 0 Å². The lowest BCUT2D eigenvalue weighted by Gasteiger charge is -2.20. The number of para-hydroxylation sites is 1. The Hall–Kier alpha value is -1.91. The minimum Gasteiger partial charge on any atom is -0.479 e. The van der Waals surface area contributed by atoms with Gasteiger partial charge in [-0.3, -0.25) is 4.79 Å². The smallest absolute Gasteiger partial charge is 0.261 e. The van der Waals surface area contributed by atoms with Gasteiger partial charge in [0, 0.05) is 31.4 Å². The molecule has 6 heteroatoms. The summed E-state index contributed by atoms with van der Waals surface area (Å²) >= 11 is 12.0. The van der Waals surface area contributed by atoms with Gasteiger partial charge in [-0.05, 0) is 36.2 Å². The highest BCUT2D eigenvalue weighted by atomic mass is 35.5. The van der Waals surface area contributed by atoms with Gasteiger partial charge in [-0.15, -0.1) is 0 Å². The number of benzene rings is 2. The predicted molar refractivity (Wildman–Crippen MR) is 104 cm³/mol. The van der Waals surface area contributed by atoms with Gasteiger partial charge in [0.25, 0.3) is 5.91 Å². The Bertz CT molecular complexity index is 735. The van der Waals surface area contributed by atoms with E-state index >= 15 is 0 Å². The molecule has 134 valence electrons. The highest BCUT2D eigenvalue weighted by Crippen LogP contribution is 2.28. The first-order chi connectivity index (χ1) is 11.9. The Morgan fingerprint density at radius 3 is 2.56 bits per heavy atom. The SMILES string of the molecule is CCC(Oc1ccc(Cl)cc1Cl)C(=O)NCc1ccccc1N(C)C. The minimum atomic E-state index is -0.620. The summed E-state index contributed by atoms with van der Waals surface area (Å²) in [6, 6.07) is 12.9. The number of carbonyl (C=O) groups is 1. The maximum atomic E-state index is 12.5. The van der Waals surface area contributed by atoms with E-state index in [2.05, 4.69) is 5.32 Å². The number of hydrogen-bond donors (Lipinski definition) is 1. The molecule has 0 aliphatic rings. The second kappa shape index (κ2) is 8.97. The molecule has 25 heavy (non-hydrogen) atoms. The molecule has 2 rings (SSSR count). The number of carbonyl (C=O) groups excluding carboxylic acids is 1. The molecule has 0 bridgehead atoms. The number of nitrogens with one attached hydrogen (secondary N) is 1. The standard InChI is InChI=1S/C19H22Cl2N2O2/c1-4-17(25-18-10-9-14(20)11-15(18)21)19(24)22-12-13-7-5-6-8-16(13)23(2)3/h5-11,17H,4,12H2,1-3H3,(H,22,24). The highest BCUT2D eigenvalue weighted by Gasteiger charge is 2.19. The number of ether oxygens (including phenoxy) is 1. The van der Waals surface area contributed by atoms with Gasteiger partial charge in [0.15, 0.2) is 6.10 Å². The van der Waals surface area contributed by atoms with E-state index in [-0.39, 0.29) is 5.91 Å². The molecule has 0 heterocycles. The molecule has 0 saturated carbocycles. The van der Waals surface area contributed by atoms with Gasteiger partial charge in [-0.1, -0.05) is 48.3 Å². The number of amides is 1. The van der Waals surface area contributed by atoms with E-state index in [0.717, 1.165) is 11.3 Å². The zero-order valence-corrected chi connectivity index (χ0v) is 16.1. The van der Waals surface area contributed by atoms with Crippen LogP contribution in [0.1, 0.15) is 18.9 Å². The summed E-state index contributed by atoms with van der Waals surface area (Å²) in [5, 5.41) is 3.85. The Morgan fingerprint density at radius 1 is 1.20 bits per heavy atom. The van der Waals surface area contributed by atoms with E-state index < -0.39 is 6.10 Å². The minimum absolute atomic E-state index is 0.179. The maximum Gasteiger partial charge on any atom is 0.261 e. The lowest BCUT2D eigenvalue weighted by molar-refractivity contribution is -0.128. The molecular weight excluding hydrogens is 359 g/mol. The molecule has 0 aliphatic carbocycles. The van der Waals surface area contributed by atoms with Gasteiger partial charge in [0.05, 0.1) is 5.02 Å². The fourth-order valence-electron chi connectivity index (χ4n) is 2.44. The molecule has 4 nitrogen and oxygen atoms in total. The summed E-state index contributed by atoms with van der Waals surface area (Å²) in [5.41, 5.74) is 2.11. The predicted octanol–water partition coefficient (Wildman–Crippen LogP) is 4.53. The van der Waals surface area contributed by atoms with E-state index in [4.69, 9.17) is 27.9 Å². The van der Waals surface area contributed by atoms with E-state index in [1.54, 1.807) is 18.2 Å². The third-order valence-corrected chi connectivity index (χ3v) is 4.28. The molecule has 0 aromatic heterocycles. The van der Waals surface area contributed by atoms with Crippen molar-refractivity contribution in [2.45, 2.75) is 26.0 Å². The Kier molecular flexibility index (Phi) is 6.97. The van der Waals surface area contributed by atoms with Crippen molar-refractivity contribution in [3.63, 3.8) is 0 Å². The van der Waals surface area contributed by atoms with E-state index in [1.807, 2.05) is 50.2 Å². The number of rotatable bonds is 7. The fraction of sp³-hybridized carbons (Fsp3) is 0.316. The number of nitrogens with zero attached hydrogens (tertiary/aromatic N) is 1. The van der Waals surface area contributed by atoms with Crippen LogP contribution in [0, 0.1) is 0 Å². The van der Waals surface area contributed by atoms with Gasteiger partial charge in [-0.25, -0.2) is 0 Å². The van der Waals surface area contributed by atoms with Crippen molar-refractivity contribution >= 4 is 34.8 Å². The lowest BCUT2D eigenvalue weighted by atomic mass is 10.1. The quantitative estimate of drug-likeness (QED) is 0.766. The first-order valence-electron chi connectivity index (χ1n) is 8.07. The number of anilines is 1. The van der Waals surface area contributed by atoms with Crippen LogP contribution in [0.4, 0.5) is 5.69 Å². The van der Waals surface area contributed by atoms with Crippen LogP contribution in [0.3, 0.4) is 0 Å². The summed E-state index contributed by atoms with van der Waals surface area (Å²) < 4.78 is 5.76. The van der Waals surface area contributed by atoms with Crippen molar-refractivity contribution in [1.29, 1.82) is 0 Å². The van der Waals surface area contributed by atoms with Crippen LogP contribution >= 0.6 is 23.2 Å². The fourth-order valence-corrected chi connectivity index (χ4v) is 2.89. The zero-order valence-electron chi connectivity index (χ0n) is 14.6. The lowest BCUT2D eigenvalue weighted by Crippen LogP contribution is -2.37. The summed E-state index contributed by atoms with van der Waals surface area (Å²) in [4.78, 5) is 14.5. The van der Waals surface area contributed by atoms with Gasteiger partial charge >= 0.3 is 0 Å². The molecule has 1 atom stereocenters. The second-order valence-electron chi connectivity index (χ2n) is 5.83. The van der Waals surface area contributed by atoms with Crippen molar-refractivity contribution < 1.29 is 9.53 Å². The summed E-state index contributed by atoms with van der Waals surface area (Å²) in [5.74, 6) is 0.267. The van der Waals surface area contributed by atoms with E-state index in [9.17, 15) is 4.79 Å². The average molecular weight is 381 g/mol. The largest absolute Gasteiger partial charge is 0.479 e. The molecule has 1 N–H and O–H groups in total. The molecule has 0 fully saturated rings. The molecular formula is C19H22Cl2N2O2. The first kappa shape index (κ1) is 19.4. The van der Waals surface area contributed by atoms with Crippen molar-refractivity contribution in [2.24, 2.45) is 0 Å². The topological polar surface area (TPSA) is 41.6 Å². The molecule has 0 aliphatic heterocycles. The maximum absolute atomic E-state index is 12.5. The summed E-state index contributed by atoms with van der Waals surface area (Å²) in [7, 11) is 3.95. The number of hydrogen-bond acceptors (Lipinski definition) is 3. The number of halogens is 2. The average Bonchev–Trinajstić information content (AvgIpc) is 2.59. The molecule has 2 aromatic carbocycles. The molecule has 1 amide bonds. The van der Waals surface area contributed by atoms with E-state index in [0.29, 0.717) is 28.8 Å². The molecule has 1 unspecified atom stereocenters. The molecule has 2 aromatic rings. The summed E-state index contributed by atoms with van der Waals surface area (Å²) in [6.45, 7) is 2.32.